The van der Waals surface area contributed by atoms with Crippen LogP contribution in [0.2, 0.25) is 0 Å². The Balaban J connectivity index is 2.60. The number of methoxy groups -OCH3 is 1. The molecule has 0 aliphatic heterocycles. The first-order valence-electron chi connectivity index (χ1n) is 6.16. The molecule has 0 bridgehead atoms. The summed E-state index contributed by atoms with van der Waals surface area (Å²) in [5.41, 5.74) is 7.17. The van der Waals surface area contributed by atoms with Crippen molar-refractivity contribution in [2.45, 2.75) is 26.3 Å². The molecule has 2 N–H and O–H groups in total. The van der Waals surface area contributed by atoms with Crippen LogP contribution < -0.4 is 15.4 Å². The summed E-state index contributed by atoms with van der Waals surface area (Å²) in [5, 5.41) is 0. The van der Waals surface area contributed by atoms with Crippen LogP contribution in [0.3, 0.4) is 0 Å². The van der Waals surface area contributed by atoms with Gasteiger partial charge in [-0.05, 0) is 24.5 Å². The van der Waals surface area contributed by atoms with E-state index in [9.17, 15) is 0 Å². The summed E-state index contributed by atoms with van der Waals surface area (Å²) in [6.07, 6.45) is 0.992. The Bertz CT molecular complexity index is 339. The average Bonchev–Trinajstić information content (AvgIpc) is 2.35. The van der Waals surface area contributed by atoms with Crippen LogP contribution in [-0.2, 0) is 0 Å². The van der Waals surface area contributed by atoms with Crippen LogP contribution >= 0.6 is 0 Å². The van der Waals surface area contributed by atoms with Gasteiger partial charge in [0.05, 0.1) is 12.8 Å². The third-order valence-corrected chi connectivity index (χ3v) is 3.15. The Morgan fingerprint density at radius 2 is 1.94 bits per heavy atom. The van der Waals surface area contributed by atoms with Crippen LogP contribution in [0.15, 0.2) is 24.3 Å². The molecule has 96 valence electrons. The zero-order valence-corrected chi connectivity index (χ0v) is 11.3. The van der Waals surface area contributed by atoms with E-state index in [-0.39, 0.29) is 6.04 Å². The Hall–Kier alpha value is -1.22. The van der Waals surface area contributed by atoms with Crippen molar-refractivity contribution in [3.05, 3.63) is 24.3 Å². The predicted molar refractivity (Wildman–Crippen MR) is 73.7 cm³/mol. The molecule has 0 fully saturated rings. The monoisotopic (exact) mass is 236 g/mol. The van der Waals surface area contributed by atoms with Crippen molar-refractivity contribution in [1.29, 1.82) is 0 Å². The number of ether oxygens (including phenoxy) is 1. The fraction of sp³-hybridized carbons (Fsp3) is 0.571. The Labute approximate surface area is 105 Å². The van der Waals surface area contributed by atoms with Crippen molar-refractivity contribution in [3.8, 4) is 5.75 Å². The molecule has 0 saturated carbocycles. The summed E-state index contributed by atoms with van der Waals surface area (Å²) >= 11 is 0. The van der Waals surface area contributed by atoms with Gasteiger partial charge < -0.3 is 15.4 Å². The molecule has 1 rings (SSSR count). The normalized spacial score (nSPS) is 12.6. The molecular formula is C14H24N2O. The van der Waals surface area contributed by atoms with Crippen molar-refractivity contribution in [1.82, 2.24) is 0 Å². The number of nitrogens with two attached hydrogens (primary N) is 1. The van der Waals surface area contributed by atoms with E-state index in [2.05, 4.69) is 31.9 Å². The molecule has 0 saturated heterocycles. The van der Waals surface area contributed by atoms with Crippen molar-refractivity contribution >= 4 is 5.69 Å². The van der Waals surface area contributed by atoms with Gasteiger partial charge in [0, 0.05) is 19.6 Å². The van der Waals surface area contributed by atoms with Crippen molar-refractivity contribution in [2.24, 2.45) is 11.7 Å². The number of para-hydroxylation sites is 2. The van der Waals surface area contributed by atoms with Gasteiger partial charge in [0.1, 0.15) is 5.75 Å². The molecule has 0 spiro atoms. The van der Waals surface area contributed by atoms with Gasteiger partial charge >= 0.3 is 0 Å². The number of benzene rings is 1. The predicted octanol–water partition coefficient (Wildman–Crippen LogP) is 2.50. The highest BCUT2D eigenvalue weighted by Crippen LogP contribution is 2.26. The van der Waals surface area contributed by atoms with Gasteiger partial charge in [0.25, 0.3) is 0 Å². The molecule has 0 radical (unpaired) electrons. The second-order valence-corrected chi connectivity index (χ2v) is 4.79. The minimum Gasteiger partial charge on any atom is -0.495 e. The van der Waals surface area contributed by atoms with E-state index in [0.29, 0.717) is 5.92 Å². The summed E-state index contributed by atoms with van der Waals surface area (Å²) in [6.45, 7) is 5.27. The summed E-state index contributed by atoms with van der Waals surface area (Å²) in [6, 6.07) is 8.31. The zero-order chi connectivity index (χ0) is 12.8. The minimum atomic E-state index is 0.257. The lowest BCUT2D eigenvalue weighted by molar-refractivity contribution is 0.413. The lowest BCUT2D eigenvalue weighted by Gasteiger charge is -2.24. The van der Waals surface area contributed by atoms with Gasteiger partial charge in [-0.15, -0.1) is 0 Å². The highest BCUT2D eigenvalue weighted by atomic mass is 16.5. The molecule has 0 aromatic heterocycles. The van der Waals surface area contributed by atoms with Crippen LogP contribution in [-0.4, -0.2) is 26.7 Å². The molecule has 0 amide bonds. The topological polar surface area (TPSA) is 38.5 Å². The number of rotatable bonds is 6. The van der Waals surface area contributed by atoms with E-state index >= 15 is 0 Å². The molecule has 0 aliphatic rings. The molecular weight excluding hydrogens is 212 g/mol. The largest absolute Gasteiger partial charge is 0.495 e. The smallest absolute Gasteiger partial charge is 0.142 e. The summed E-state index contributed by atoms with van der Waals surface area (Å²) in [7, 11) is 3.78. The summed E-state index contributed by atoms with van der Waals surface area (Å²) in [5.74, 6) is 1.44. The van der Waals surface area contributed by atoms with Gasteiger partial charge in [-0.25, -0.2) is 0 Å². The second-order valence-electron chi connectivity index (χ2n) is 4.79. The minimum absolute atomic E-state index is 0.257. The molecule has 3 heteroatoms. The van der Waals surface area contributed by atoms with Crippen LogP contribution in [0.25, 0.3) is 0 Å². The van der Waals surface area contributed by atoms with E-state index in [0.717, 1.165) is 24.4 Å². The van der Waals surface area contributed by atoms with Gasteiger partial charge in [0.15, 0.2) is 0 Å². The first-order valence-corrected chi connectivity index (χ1v) is 6.16. The zero-order valence-electron chi connectivity index (χ0n) is 11.3. The van der Waals surface area contributed by atoms with Gasteiger partial charge in [-0.1, -0.05) is 26.0 Å². The van der Waals surface area contributed by atoms with Crippen LogP contribution in [0.4, 0.5) is 5.69 Å². The lowest BCUT2D eigenvalue weighted by Crippen LogP contribution is -2.31. The Morgan fingerprint density at radius 1 is 1.29 bits per heavy atom. The molecule has 1 unspecified atom stereocenters. The first-order chi connectivity index (χ1) is 8.06. The van der Waals surface area contributed by atoms with E-state index in [4.69, 9.17) is 10.5 Å². The van der Waals surface area contributed by atoms with Crippen molar-refractivity contribution < 1.29 is 4.74 Å². The number of hydrogen-bond donors (Lipinski definition) is 1. The SMILES string of the molecule is COc1ccccc1N(C)CCC(N)C(C)C. The standard InChI is InChI=1S/C14H24N2O/c1-11(2)12(15)9-10-16(3)13-7-5-6-8-14(13)17-4/h5-8,11-12H,9-10,15H2,1-4H3. The van der Waals surface area contributed by atoms with Gasteiger partial charge in [0.2, 0.25) is 0 Å². The molecule has 3 nitrogen and oxygen atoms in total. The third-order valence-electron chi connectivity index (χ3n) is 3.15. The number of nitrogens with zero attached hydrogens (tertiary/aromatic N) is 1. The van der Waals surface area contributed by atoms with Gasteiger partial charge in [-0.2, -0.15) is 0 Å². The van der Waals surface area contributed by atoms with E-state index in [1.54, 1.807) is 7.11 Å². The summed E-state index contributed by atoms with van der Waals surface area (Å²) < 4.78 is 5.35. The Kier molecular flexibility index (Phi) is 5.29. The second kappa shape index (κ2) is 6.50. The number of anilines is 1. The highest BCUT2D eigenvalue weighted by Gasteiger charge is 2.11. The molecule has 1 aromatic rings. The van der Waals surface area contributed by atoms with E-state index in [1.165, 1.54) is 0 Å². The molecule has 1 aromatic carbocycles. The van der Waals surface area contributed by atoms with Gasteiger partial charge in [-0.3, -0.25) is 0 Å². The van der Waals surface area contributed by atoms with E-state index in [1.807, 2.05) is 18.2 Å². The van der Waals surface area contributed by atoms with Crippen LogP contribution in [0.1, 0.15) is 20.3 Å². The molecule has 0 heterocycles. The van der Waals surface area contributed by atoms with Crippen LogP contribution in [0, 0.1) is 5.92 Å². The molecule has 1 atom stereocenters. The first kappa shape index (κ1) is 13.8. The Morgan fingerprint density at radius 3 is 2.53 bits per heavy atom. The number of hydrogen-bond acceptors (Lipinski definition) is 3. The third kappa shape index (κ3) is 3.93. The maximum absolute atomic E-state index is 6.06. The summed E-state index contributed by atoms with van der Waals surface area (Å²) in [4.78, 5) is 2.20. The lowest BCUT2D eigenvalue weighted by atomic mass is 10.0. The fourth-order valence-electron chi connectivity index (χ4n) is 1.74. The maximum atomic E-state index is 6.06. The maximum Gasteiger partial charge on any atom is 0.142 e. The highest BCUT2D eigenvalue weighted by molar-refractivity contribution is 5.57. The van der Waals surface area contributed by atoms with Crippen molar-refractivity contribution in [3.63, 3.8) is 0 Å². The average molecular weight is 236 g/mol. The molecule has 0 aliphatic carbocycles. The van der Waals surface area contributed by atoms with Crippen molar-refractivity contribution in [2.75, 3.05) is 25.6 Å². The van der Waals surface area contributed by atoms with Crippen LogP contribution in [0.5, 0.6) is 5.75 Å². The fourth-order valence-corrected chi connectivity index (χ4v) is 1.74. The quantitative estimate of drug-likeness (QED) is 0.824. The molecule has 17 heavy (non-hydrogen) atoms. The van der Waals surface area contributed by atoms with E-state index < -0.39 is 0 Å².